The van der Waals surface area contributed by atoms with Crippen LogP contribution in [0.25, 0.3) is 0 Å². The molecule has 7 nitrogen and oxygen atoms in total. The van der Waals surface area contributed by atoms with E-state index in [4.69, 9.17) is 0 Å². The maximum Gasteiger partial charge on any atom is 0.249 e. The third-order valence-electron chi connectivity index (χ3n) is 4.21. The fraction of sp³-hybridized carbons (Fsp3) is 0.533. The van der Waals surface area contributed by atoms with Gasteiger partial charge in [0.15, 0.2) is 4.34 Å². The first kappa shape index (κ1) is 17.1. The summed E-state index contributed by atoms with van der Waals surface area (Å²) in [5.74, 6) is -0.716. The van der Waals surface area contributed by atoms with Crippen molar-refractivity contribution in [2.24, 2.45) is 11.8 Å². The molecule has 1 aromatic rings. The van der Waals surface area contributed by atoms with Crippen molar-refractivity contribution in [3.63, 3.8) is 0 Å². The molecular formula is C15H18N4O3S2. The van der Waals surface area contributed by atoms with Crippen molar-refractivity contribution in [1.82, 2.24) is 15.1 Å². The number of nitrogens with zero attached hydrogens (tertiary/aromatic N) is 3. The molecule has 2 heterocycles. The zero-order valence-corrected chi connectivity index (χ0v) is 15.0. The number of fused-ring (bicyclic) bond motifs is 1. The number of allylic oxidation sites excluding steroid dienone is 2. The van der Waals surface area contributed by atoms with Gasteiger partial charge in [0, 0.05) is 0 Å². The SMILES string of the molecule is CCSc1nnc(NC(=O)[C@H](C)N2C(=O)[C@H]3CC=CC[C@H]3C2=O)s1. The normalized spacial score (nSPS) is 24.2. The molecule has 1 aromatic heterocycles. The van der Waals surface area contributed by atoms with Gasteiger partial charge in [-0.3, -0.25) is 24.6 Å². The molecular weight excluding hydrogens is 348 g/mol. The lowest BCUT2D eigenvalue weighted by atomic mass is 9.85. The monoisotopic (exact) mass is 366 g/mol. The first-order valence-corrected chi connectivity index (χ1v) is 9.62. The first-order valence-electron chi connectivity index (χ1n) is 7.82. The fourth-order valence-electron chi connectivity index (χ4n) is 2.98. The maximum atomic E-state index is 12.5. The molecule has 1 fully saturated rings. The molecule has 0 bridgehead atoms. The van der Waals surface area contributed by atoms with Crippen molar-refractivity contribution in [2.45, 2.75) is 37.1 Å². The summed E-state index contributed by atoms with van der Waals surface area (Å²) in [5.41, 5.74) is 0. The van der Waals surface area contributed by atoms with Gasteiger partial charge in [-0.25, -0.2) is 0 Å². The second-order valence-electron chi connectivity index (χ2n) is 5.67. The highest BCUT2D eigenvalue weighted by atomic mass is 32.2. The lowest BCUT2D eigenvalue weighted by molar-refractivity contribution is -0.146. The van der Waals surface area contributed by atoms with Crippen molar-refractivity contribution < 1.29 is 14.4 Å². The van der Waals surface area contributed by atoms with Crippen molar-refractivity contribution in [3.05, 3.63) is 12.2 Å². The maximum absolute atomic E-state index is 12.5. The van der Waals surface area contributed by atoms with Crippen LogP contribution in [0.4, 0.5) is 5.13 Å². The van der Waals surface area contributed by atoms with E-state index in [0.717, 1.165) is 15.0 Å². The van der Waals surface area contributed by atoms with Gasteiger partial charge in [0.1, 0.15) is 6.04 Å². The Morgan fingerprint density at radius 3 is 2.54 bits per heavy atom. The molecule has 0 saturated carbocycles. The standard InChI is InChI=1S/C15H18N4O3S2/c1-3-23-15-18-17-14(24-15)16-11(20)8(2)19-12(21)9-6-4-5-7-10(9)13(19)22/h4-5,8-10H,3,6-7H2,1-2H3,(H,16,17,20)/t8-,9-,10+/m0/s1. The Kier molecular flexibility index (Phi) is 5.00. The third-order valence-corrected chi connectivity index (χ3v) is 6.07. The Morgan fingerprint density at radius 2 is 1.96 bits per heavy atom. The fourth-order valence-corrected chi connectivity index (χ4v) is 4.63. The van der Waals surface area contributed by atoms with Crippen LogP contribution in [0.5, 0.6) is 0 Å². The van der Waals surface area contributed by atoms with E-state index in [-0.39, 0.29) is 23.7 Å². The lowest BCUT2D eigenvalue weighted by Gasteiger charge is -2.21. The number of aromatic nitrogens is 2. The van der Waals surface area contributed by atoms with Crippen LogP contribution in [0.3, 0.4) is 0 Å². The first-order chi connectivity index (χ1) is 11.5. The number of hydrogen-bond donors (Lipinski definition) is 1. The van der Waals surface area contributed by atoms with Crippen LogP contribution in [-0.4, -0.2) is 44.6 Å². The molecule has 2 aliphatic rings. The number of thioether (sulfide) groups is 1. The predicted octanol–water partition coefficient (Wildman–Crippen LogP) is 1.93. The third kappa shape index (κ3) is 3.10. The highest BCUT2D eigenvalue weighted by Crippen LogP contribution is 2.36. The summed E-state index contributed by atoms with van der Waals surface area (Å²) in [6.45, 7) is 3.57. The van der Waals surface area contributed by atoms with Crippen molar-refractivity contribution in [1.29, 1.82) is 0 Å². The summed E-state index contributed by atoms with van der Waals surface area (Å²) in [5, 5.41) is 10.9. The van der Waals surface area contributed by atoms with Gasteiger partial charge in [0.2, 0.25) is 22.9 Å². The zero-order chi connectivity index (χ0) is 17.3. The highest BCUT2D eigenvalue weighted by Gasteiger charge is 2.50. The Balaban J connectivity index is 1.69. The molecule has 1 aliphatic heterocycles. The molecule has 1 aliphatic carbocycles. The van der Waals surface area contributed by atoms with Gasteiger partial charge in [-0.15, -0.1) is 10.2 Å². The van der Waals surface area contributed by atoms with Gasteiger partial charge in [-0.1, -0.05) is 42.2 Å². The second kappa shape index (κ2) is 7.02. The van der Waals surface area contributed by atoms with E-state index in [0.29, 0.717) is 18.0 Å². The molecule has 128 valence electrons. The number of hydrogen-bond acceptors (Lipinski definition) is 7. The molecule has 24 heavy (non-hydrogen) atoms. The van der Waals surface area contributed by atoms with E-state index in [9.17, 15) is 14.4 Å². The molecule has 1 N–H and O–H groups in total. The minimum Gasteiger partial charge on any atom is -0.299 e. The van der Waals surface area contributed by atoms with Crippen LogP contribution in [0.15, 0.2) is 16.5 Å². The van der Waals surface area contributed by atoms with Gasteiger partial charge in [-0.2, -0.15) is 0 Å². The minimum atomic E-state index is -0.859. The van der Waals surface area contributed by atoms with Crippen molar-refractivity contribution in [3.8, 4) is 0 Å². The number of nitrogens with one attached hydrogen (secondary N) is 1. The Labute approximate surface area is 147 Å². The summed E-state index contributed by atoms with van der Waals surface area (Å²) in [4.78, 5) is 38.5. The summed E-state index contributed by atoms with van der Waals surface area (Å²) < 4.78 is 0.769. The predicted molar refractivity (Wildman–Crippen MR) is 91.6 cm³/mol. The van der Waals surface area contributed by atoms with Crippen molar-refractivity contribution in [2.75, 3.05) is 11.1 Å². The Bertz CT molecular complexity index is 677. The van der Waals surface area contributed by atoms with Crippen LogP contribution < -0.4 is 5.32 Å². The molecule has 0 spiro atoms. The number of carbonyl (C=O) groups excluding carboxylic acids is 3. The molecule has 1 saturated heterocycles. The van der Waals surface area contributed by atoms with Crippen LogP contribution >= 0.6 is 23.1 Å². The molecule has 3 amide bonds. The number of anilines is 1. The zero-order valence-electron chi connectivity index (χ0n) is 13.4. The Morgan fingerprint density at radius 1 is 1.33 bits per heavy atom. The quantitative estimate of drug-likeness (QED) is 0.370. The second-order valence-corrected chi connectivity index (χ2v) is 8.16. The summed E-state index contributed by atoms with van der Waals surface area (Å²) in [6, 6.07) is -0.859. The number of carbonyl (C=O) groups is 3. The largest absolute Gasteiger partial charge is 0.299 e. The summed E-state index contributed by atoms with van der Waals surface area (Å²) in [7, 11) is 0. The topological polar surface area (TPSA) is 92.3 Å². The molecule has 3 rings (SSSR count). The number of rotatable bonds is 5. The van der Waals surface area contributed by atoms with Crippen LogP contribution in [-0.2, 0) is 14.4 Å². The van der Waals surface area contributed by atoms with Crippen LogP contribution in [0.2, 0.25) is 0 Å². The molecule has 3 atom stereocenters. The average molecular weight is 366 g/mol. The molecule has 0 unspecified atom stereocenters. The van der Waals surface area contributed by atoms with E-state index in [1.807, 2.05) is 19.1 Å². The van der Waals surface area contributed by atoms with Gasteiger partial charge < -0.3 is 0 Å². The lowest BCUT2D eigenvalue weighted by Crippen LogP contribution is -2.46. The summed E-state index contributed by atoms with van der Waals surface area (Å²) in [6.07, 6.45) is 4.98. The molecule has 0 radical (unpaired) electrons. The molecule has 0 aromatic carbocycles. The number of amides is 3. The minimum absolute atomic E-state index is 0.253. The van der Waals surface area contributed by atoms with E-state index >= 15 is 0 Å². The summed E-state index contributed by atoms with van der Waals surface area (Å²) >= 11 is 2.82. The van der Waals surface area contributed by atoms with Gasteiger partial charge in [0.05, 0.1) is 11.8 Å². The number of likely N-dealkylation sites (tertiary alicyclic amines) is 1. The van der Waals surface area contributed by atoms with Crippen LogP contribution in [0, 0.1) is 11.8 Å². The molecule has 9 heteroatoms. The Hall–Kier alpha value is -1.74. The van der Waals surface area contributed by atoms with Gasteiger partial charge >= 0.3 is 0 Å². The average Bonchev–Trinajstić information content (AvgIpc) is 3.11. The van der Waals surface area contributed by atoms with Gasteiger partial charge in [-0.05, 0) is 25.5 Å². The van der Waals surface area contributed by atoms with E-state index in [2.05, 4.69) is 15.5 Å². The highest BCUT2D eigenvalue weighted by molar-refractivity contribution is 8.01. The van der Waals surface area contributed by atoms with Gasteiger partial charge in [0.25, 0.3) is 0 Å². The smallest absolute Gasteiger partial charge is 0.249 e. The van der Waals surface area contributed by atoms with E-state index < -0.39 is 11.9 Å². The number of imide groups is 1. The van der Waals surface area contributed by atoms with E-state index in [1.54, 1.807) is 6.92 Å². The van der Waals surface area contributed by atoms with Crippen LogP contribution in [0.1, 0.15) is 26.7 Å². The van der Waals surface area contributed by atoms with E-state index in [1.165, 1.54) is 23.1 Å². The van der Waals surface area contributed by atoms with Crippen molar-refractivity contribution >= 4 is 46.0 Å².